The number of nitrogen functional groups attached to an aromatic ring is 1. The summed E-state index contributed by atoms with van der Waals surface area (Å²) >= 11 is 0. The highest BCUT2D eigenvalue weighted by molar-refractivity contribution is 5.95. The lowest BCUT2D eigenvalue weighted by Gasteiger charge is -2.26. The van der Waals surface area contributed by atoms with Crippen LogP contribution in [0.5, 0.6) is 5.75 Å². The van der Waals surface area contributed by atoms with Gasteiger partial charge in [-0.15, -0.1) is 0 Å². The van der Waals surface area contributed by atoms with E-state index in [0.29, 0.717) is 18.6 Å². The van der Waals surface area contributed by atoms with Gasteiger partial charge in [-0.05, 0) is 25.1 Å². The monoisotopic (exact) mass is 266 g/mol. The Labute approximate surface area is 111 Å². The van der Waals surface area contributed by atoms with Crippen molar-refractivity contribution in [3.63, 3.8) is 0 Å². The molecule has 1 aliphatic heterocycles. The number of nitrogens with one attached hydrogen (secondary N) is 1. The van der Waals surface area contributed by atoms with Gasteiger partial charge in [0.25, 0.3) is 5.91 Å². The van der Waals surface area contributed by atoms with Crippen molar-refractivity contribution in [2.24, 2.45) is 0 Å². The number of rotatable bonds is 3. The fourth-order valence-electron chi connectivity index (χ4n) is 2.02. The Kier molecular flexibility index (Phi) is 3.64. The van der Waals surface area contributed by atoms with Gasteiger partial charge >= 0.3 is 0 Å². The van der Waals surface area contributed by atoms with E-state index in [2.05, 4.69) is 5.32 Å². The van der Waals surface area contributed by atoms with Crippen molar-refractivity contribution in [1.29, 1.82) is 0 Å². The molecule has 19 heavy (non-hydrogen) atoms. The number of aliphatic hydroxyl groups is 1. The summed E-state index contributed by atoms with van der Waals surface area (Å²) in [4.78, 5) is 11.9. The molecule has 1 aromatic carbocycles. The van der Waals surface area contributed by atoms with Crippen LogP contribution in [0.1, 0.15) is 23.7 Å². The Balaban J connectivity index is 1.99. The summed E-state index contributed by atoms with van der Waals surface area (Å²) in [5.74, 6) is -0.508. The third-order valence-corrected chi connectivity index (χ3v) is 3.51. The Morgan fingerprint density at radius 1 is 1.63 bits per heavy atom. The molecule has 1 aliphatic rings. The minimum absolute atomic E-state index is 0.109. The van der Waals surface area contributed by atoms with Crippen LogP contribution in [0.3, 0.4) is 0 Å². The topological polar surface area (TPSA) is 105 Å². The molecule has 1 heterocycles. The summed E-state index contributed by atoms with van der Waals surface area (Å²) in [5, 5.41) is 22.3. The fourth-order valence-corrected chi connectivity index (χ4v) is 2.02. The summed E-state index contributed by atoms with van der Waals surface area (Å²) in [6.45, 7) is 2.36. The van der Waals surface area contributed by atoms with Gasteiger partial charge in [0.05, 0.1) is 11.8 Å². The molecule has 0 saturated carbocycles. The SMILES string of the molecule is CC1OCCC1(O)CNC(=O)c1ccc(N)c(O)c1. The zero-order valence-corrected chi connectivity index (χ0v) is 10.7. The highest BCUT2D eigenvalue weighted by Crippen LogP contribution is 2.25. The van der Waals surface area contributed by atoms with Gasteiger partial charge in [0.15, 0.2) is 0 Å². The second-order valence-electron chi connectivity index (χ2n) is 4.82. The van der Waals surface area contributed by atoms with Crippen LogP contribution in [-0.4, -0.2) is 41.0 Å². The number of phenols is 1. The fraction of sp³-hybridized carbons (Fsp3) is 0.462. The van der Waals surface area contributed by atoms with Crippen LogP contribution >= 0.6 is 0 Å². The Bertz CT molecular complexity index is 492. The zero-order chi connectivity index (χ0) is 14.0. The van der Waals surface area contributed by atoms with Gasteiger partial charge in [0.1, 0.15) is 11.4 Å². The van der Waals surface area contributed by atoms with E-state index >= 15 is 0 Å². The van der Waals surface area contributed by atoms with E-state index in [1.807, 2.05) is 0 Å². The van der Waals surface area contributed by atoms with E-state index < -0.39 is 5.60 Å². The molecule has 2 atom stereocenters. The molecule has 2 rings (SSSR count). The average molecular weight is 266 g/mol. The molecule has 0 bridgehead atoms. The van der Waals surface area contributed by atoms with Crippen LogP contribution in [0, 0.1) is 0 Å². The molecule has 0 radical (unpaired) electrons. The van der Waals surface area contributed by atoms with E-state index in [1.165, 1.54) is 18.2 Å². The average Bonchev–Trinajstić information content (AvgIpc) is 2.71. The van der Waals surface area contributed by atoms with Gasteiger partial charge in [-0.1, -0.05) is 0 Å². The van der Waals surface area contributed by atoms with Crippen molar-refractivity contribution < 1.29 is 19.7 Å². The summed E-state index contributed by atoms with van der Waals surface area (Å²) in [5.41, 5.74) is 4.94. The highest BCUT2D eigenvalue weighted by atomic mass is 16.5. The number of hydrogen-bond acceptors (Lipinski definition) is 5. The number of amides is 1. The number of phenolic OH excluding ortho intramolecular Hbond substituents is 1. The lowest BCUT2D eigenvalue weighted by atomic mass is 9.96. The van der Waals surface area contributed by atoms with Gasteiger partial charge < -0.3 is 26.0 Å². The van der Waals surface area contributed by atoms with Gasteiger partial charge in [-0.2, -0.15) is 0 Å². The minimum atomic E-state index is -1.04. The third kappa shape index (κ3) is 2.80. The van der Waals surface area contributed by atoms with Crippen molar-refractivity contribution in [1.82, 2.24) is 5.32 Å². The molecule has 1 fully saturated rings. The molecular formula is C13H18N2O4. The molecule has 0 aromatic heterocycles. The van der Waals surface area contributed by atoms with Crippen LogP contribution in [0.2, 0.25) is 0 Å². The van der Waals surface area contributed by atoms with Crippen molar-refractivity contribution in [3.8, 4) is 5.75 Å². The number of benzene rings is 1. The van der Waals surface area contributed by atoms with Crippen molar-refractivity contribution in [3.05, 3.63) is 23.8 Å². The van der Waals surface area contributed by atoms with Crippen LogP contribution in [0.15, 0.2) is 18.2 Å². The van der Waals surface area contributed by atoms with E-state index in [4.69, 9.17) is 10.5 Å². The smallest absolute Gasteiger partial charge is 0.251 e. The Morgan fingerprint density at radius 2 is 2.37 bits per heavy atom. The zero-order valence-electron chi connectivity index (χ0n) is 10.7. The van der Waals surface area contributed by atoms with Crippen LogP contribution < -0.4 is 11.1 Å². The van der Waals surface area contributed by atoms with Crippen LogP contribution in [0.4, 0.5) is 5.69 Å². The highest BCUT2D eigenvalue weighted by Gasteiger charge is 2.39. The van der Waals surface area contributed by atoms with Gasteiger partial charge in [-0.25, -0.2) is 0 Å². The molecule has 5 N–H and O–H groups in total. The van der Waals surface area contributed by atoms with Gasteiger partial charge in [0.2, 0.25) is 0 Å². The normalized spacial score (nSPS) is 26.3. The molecular weight excluding hydrogens is 248 g/mol. The minimum Gasteiger partial charge on any atom is -0.506 e. The molecule has 6 nitrogen and oxygen atoms in total. The lowest BCUT2D eigenvalue weighted by Crippen LogP contribution is -2.47. The van der Waals surface area contributed by atoms with E-state index in [9.17, 15) is 15.0 Å². The second kappa shape index (κ2) is 5.07. The Hall–Kier alpha value is -1.79. The number of carbonyl (C=O) groups is 1. The molecule has 2 unspecified atom stereocenters. The van der Waals surface area contributed by atoms with Gasteiger partial charge in [0, 0.05) is 25.1 Å². The van der Waals surface area contributed by atoms with Crippen molar-refractivity contribution in [2.75, 3.05) is 18.9 Å². The maximum absolute atomic E-state index is 11.9. The van der Waals surface area contributed by atoms with Crippen molar-refractivity contribution >= 4 is 11.6 Å². The number of ether oxygens (including phenoxy) is 1. The second-order valence-corrected chi connectivity index (χ2v) is 4.82. The summed E-state index contributed by atoms with van der Waals surface area (Å²) in [6, 6.07) is 4.27. The molecule has 104 valence electrons. The maximum Gasteiger partial charge on any atom is 0.251 e. The predicted octanol–water partition coefficient (Wildman–Crippen LogP) is 0.244. The molecule has 1 amide bonds. The molecule has 0 spiro atoms. The van der Waals surface area contributed by atoms with Crippen LogP contribution in [0.25, 0.3) is 0 Å². The van der Waals surface area contributed by atoms with E-state index in [1.54, 1.807) is 6.92 Å². The number of nitrogens with two attached hydrogens (primary N) is 1. The number of hydrogen-bond donors (Lipinski definition) is 4. The summed E-state index contributed by atoms with van der Waals surface area (Å²) in [7, 11) is 0. The maximum atomic E-state index is 11.9. The first-order chi connectivity index (χ1) is 8.92. The first-order valence-corrected chi connectivity index (χ1v) is 6.13. The first-order valence-electron chi connectivity index (χ1n) is 6.13. The summed E-state index contributed by atoms with van der Waals surface area (Å²) < 4.78 is 5.28. The standard InChI is InChI=1S/C13H18N2O4/c1-8-13(18,4-5-19-8)7-15-12(17)9-2-3-10(14)11(16)6-9/h2-3,6,8,16,18H,4-5,7,14H2,1H3,(H,15,17). The van der Waals surface area contributed by atoms with E-state index in [-0.39, 0.29) is 30.0 Å². The molecule has 1 saturated heterocycles. The number of carbonyl (C=O) groups excluding carboxylic acids is 1. The first kappa shape index (κ1) is 13.6. The quantitative estimate of drug-likeness (QED) is 0.463. The number of anilines is 1. The van der Waals surface area contributed by atoms with E-state index in [0.717, 1.165) is 0 Å². The van der Waals surface area contributed by atoms with Crippen molar-refractivity contribution in [2.45, 2.75) is 25.0 Å². The summed E-state index contributed by atoms with van der Waals surface area (Å²) in [6.07, 6.45) is 0.175. The predicted molar refractivity (Wildman–Crippen MR) is 69.8 cm³/mol. The van der Waals surface area contributed by atoms with Gasteiger partial charge in [-0.3, -0.25) is 4.79 Å². The third-order valence-electron chi connectivity index (χ3n) is 3.51. The molecule has 1 aromatic rings. The number of aromatic hydroxyl groups is 1. The molecule has 6 heteroatoms. The largest absolute Gasteiger partial charge is 0.506 e. The Morgan fingerprint density at radius 3 is 2.95 bits per heavy atom. The van der Waals surface area contributed by atoms with Crippen LogP contribution in [-0.2, 0) is 4.74 Å². The molecule has 0 aliphatic carbocycles. The lowest BCUT2D eigenvalue weighted by molar-refractivity contribution is -0.0251.